The largest absolute Gasteiger partial charge is 0.494 e. The van der Waals surface area contributed by atoms with Crippen LogP contribution in [0.5, 0.6) is 5.75 Å². The van der Waals surface area contributed by atoms with Crippen LogP contribution in [-0.2, 0) is 6.54 Å². The van der Waals surface area contributed by atoms with Crippen LogP contribution < -0.4 is 9.64 Å². The number of halogens is 1. The molecule has 0 unspecified atom stereocenters. The van der Waals surface area contributed by atoms with Crippen molar-refractivity contribution in [3.63, 3.8) is 0 Å². The Morgan fingerprint density at radius 2 is 1.90 bits per heavy atom. The predicted molar refractivity (Wildman–Crippen MR) is 110 cm³/mol. The van der Waals surface area contributed by atoms with Gasteiger partial charge in [0.05, 0.1) is 30.5 Å². The number of anilines is 1. The van der Waals surface area contributed by atoms with Crippen molar-refractivity contribution in [3.05, 3.63) is 59.7 Å². The molecule has 1 aliphatic rings. The molecule has 1 aliphatic heterocycles. The standard InChI is InChI=1S/C22H22FN5O2/c1-2-29-18-6-4-17(5-7-18)22-25-21(30-26-22)15-27-9-11-28(12-10-27)20-8-3-16(14-24)13-19(20)23/h3-8,13H,2,9-12,15H2,1H3. The van der Waals surface area contributed by atoms with E-state index >= 15 is 0 Å². The average Bonchev–Trinajstić information content (AvgIpc) is 3.23. The minimum Gasteiger partial charge on any atom is -0.494 e. The molecule has 0 aliphatic carbocycles. The lowest BCUT2D eigenvalue weighted by Gasteiger charge is -2.35. The molecule has 0 radical (unpaired) electrons. The van der Waals surface area contributed by atoms with Crippen LogP contribution in [-0.4, -0.2) is 47.8 Å². The molecule has 1 aromatic heterocycles. The van der Waals surface area contributed by atoms with Gasteiger partial charge in [0.1, 0.15) is 11.6 Å². The third kappa shape index (κ3) is 4.42. The van der Waals surface area contributed by atoms with Crippen LogP contribution in [0.25, 0.3) is 11.4 Å². The van der Waals surface area contributed by atoms with E-state index in [1.165, 1.54) is 6.07 Å². The molecule has 0 atom stereocenters. The number of hydrogen-bond donors (Lipinski definition) is 0. The number of hydrogen-bond acceptors (Lipinski definition) is 7. The van der Waals surface area contributed by atoms with Crippen molar-refractivity contribution >= 4 is 5.69 Å². The number of rotatable bonds is 6. The Balaban J connectivity index is 1.34. The van der Waals surface area contributed by atoms with Crippen LogP contribution in [0.1, 0.15) is 18.4 Å². The second kappa shape index (κ2) is 8.93. The van der Waals surface area contributed by atoms with E-state index in [-0.39, 0.29) is 5.82 Å². The van der Waals surface area contributed by atoms with E-state index in [2.05, 4.69) is 15.0 Å². The van der Waals surface area contributed by atoms with Crippen LogP contribution in [0.15, 0.2) is 47.0 Å². The normalized spacial score (nSPS) is 14.5. The van der Waals surface area contributed by atoms with Crippen molar-refractivity contribution in [1.82, 2.24) is 15.0 Å². The van der Waals surface area contributed by atoms with Crippen LogP contribution >= 0.6 is 0 Å². The lowest BCUT2D eigenvalue weighted by atomic mass is 10.2. The van der Waals surface area contributed by atoms with Gasteiger partial charge in [0.25, 0.3) is 0 Å². The van der Waals surface area contributed by atoms with Crippen molar-refractivity contribution in [1.29, 1.82) is 5.26 Å². The zero-order valence-corrected chi connectivity index (χ0v) is 16.7. The fraction of sp³-hybridized carbons (Fsp3) is 0.318. The lowest BCUT2D eigenvalue weighted by Crippen LogP contribution is -2.46. The van der Waals surface area contributed by atoms with E-state index < -0.39 is 0 Å². The van der Waals surface area contributed by atoms with Gasteiger partial charge in [0, 0.05) is 31.7 Å². The van der Waals surface area contributed by atoms with Crippen LogP contribution in [0.2, 0.25) is 0 Å². The number of piperazine rings is 1. The van der Waals surface area contributed by atoms with E-state index in [1.807, 2.05) is 42.2 Å². The van der Waals surface area contributed by atoms with Crippen molar-refractivity contribution in [3.8, 4) is 23.2 Å². The summed E-state index contributed by atoms with van der Waals surface area (Å²) in [5.41, 5.74) is 1.73. The molecule has 8 heteroatoms. The van der Waals surface area contributed by atoms with Gasteiger partial charge in [0.2, 0.25) is 11.7 Å². The second-order valence-electron chi connectivity index (χ2n) is 7.01. The Kier molecular flexibility index (Phi) is 5.91. The second-order valence-corrected chi connectivity index (χ2v) is 7.01. The molecule has 0 bridgehead atoms. The molecule has 7 nitrogen and oxygen atoms in total. The molecular weight excluding hydrogens is 385 g/mol. The molecule has 1 fully saturated rings. The first-order valence-corrected chi connectivity index (χ1v) is 9.89. The van der Waals surface area contributed by atoms with Gasteiger partial charge in [-0.2, -0.15) is 10.2 Å². The maximum atomic E-state index is 14.3. The molecule has 0 spiro atoms. The quantitative estimate of drug-likeness (QED) is 0.619. The van der Waals surface area contributed by atoms with Gasteiger partial charge < -0.3 is 14.2 Å². The van der Waals surface area contributed by atoms with Crippen LogP contribution in [0.4, 0.5) is 10.1 Å². The topological polar surface area (TPSA) is 78.4 Å². The van der Waals surface area contributed by atoms with Crippen LogP contribution in [0.3, 0.4) is 0 Å². The minimum atomic E-state index is -0.362. The molecular formula is C22H22FN5O2. The van der Waals surface area contributed by atoms with Gasteiger partial charge in [-0.05, 0) is 49.4 Å². The highest BCUT2D eigenvalue weighted by atomic mass is 19.1. The summed E-state index contributed by atoms with van der Waals surface area (Å²) in [4.78, 5) is 8.69. The molecule has 2 heterocycles. The van der Waals surface area contributed by atoms with Gasteiger partial charge in [0.15, 0.2) is 0 Å². The van der Waals surface area contributed by atoms with Gasteiger partial charge in [-0.1, -0.05) is 5.16 Å². The Morgan fingerprint density at radius 1 is 1.13 bits per heavy atom. The third-order valence-corrected chi connectivity index (χ3v) is 5.04. The molecule has 3 aromatic rings. The molecule has 2 aromatic carbocycles. The van der Waals surface area contributed by atoms with Crippen molar-refractivity contribution < 1.29 is 13.7 Å². The Hall–Kier alpha value is -3.44. The smallest absolute Gasteiger partial charge is 0.241 e. The molecule has 154 valence electrons. The fourth-order valence-corrected chi connectivity index (χ4v) is 3.47. The summed E-state index contributed by atoms with van der Waals surface area (Å²) in [6.07, 6.45) is 0. The molecule has 1 saturated heterocycles. The molecule has 0 amide bonds. The zero-order chi connectivity index (χ0) is 20.9. The van der Waals surface area contributed by atoms with Gasteiger partial charge in [-0.15, -0.1) is 0 Å². The average molecular weight is 407 g/mol. The van der Waals surface area contributed by atoms with Gasteiger partial charge in [-0.3, -0.25) is 4.90 Å². The fourth-order valence-electron chi connectivity index (χ4n) is 3.47. The number of nitriles is 1. The minimum absolute atomic E-state index is 0.328. The lowest BCUT2D eigenvalue weighted by molar-refractivity contribution is 0.215. The van der Waals surface area contributed by atoms with Crippen LogP contribution in [0, 0.1) is 17.1 Å². The Bertz CT molecular complexity index is 1040. The number of benzene rings is 2. The third-order valence-electron chi connectivity index (χ3n) is 5.04. The van der Waals surface area contributed by atoms with E-state index in [0.717, 1.165) is 24.4 Å². The summed E-state index contributed by atoms with van der Waals surface area (Å²) >= 11 is 0. The van der Waals surface area contributed by atoms with E-state index in [9.17, 15) is 4.39 Å². The van der Waals surface area contributed by atoms with E-state index in [4.69, 9.17) is 14.5 Å². The summed E-state index contributed by atoms with van der Waals surface area (Å²) in [6.45, 7) is 5.98. The molecule has 4 rings (SSSR count). The van der Waals surface area contributed by atoms with E-state index in [0.29, 0.717) is 49.2 Å². The number of ether oxygens (including phenoxy) is 1. The zero-order valence-electron chi connectivity index (χ0n) is 16.7. The number of nitrogens with zero attached hydrogens (tertiary/aromatic N) is 5. The monoisotopic (exact) mass is 407 g/mol. The highest BCUT2D eigenvalue weighted by Gasteiger charge is 2.21. The highest BCUT2D eigenvalue weighted by Crippen LogP contribution is 2.23. The van der Waals surface area contributed by atoms with Crippen molar-refractivity contribution in [2.45, 2.75) is 13.5 Å². The summed E-state index contributed by atoms with van der Waals surface area (Å²) < 4.78 is 25.1. The SMILES string of the molecule is CCOc1ccc(-c2noc(CN3CCN(c4ccc(C#N)cc4F)CC3)n2)cc1. The van der Waals surface area contributed by atoms with E-state index in [1.54, 1.807) is 12.1 Å². The summed E-state index contributed by atoms with van der Waals surface area (Å²) in [5, 5.41) is 13.0. The van der Waals surface area contributed by atoms with Gasteiger partial charge >= 0.3 is 0 Å². The molecule has 0 saturated carbocycles. The summed E-state index contributed by atoms with van der Waals surface area (Å²) in [6, 6.07) is 14.1. The number of aromatic nitrogens is 2. The van der Waals surface area contributed by atoms with Gasteiger partial charge in [-0.25, -0.2) is 4.39 Å². The molecule has 0 N–H and O–H groups in total. The predicted octanol–water partition coefficient (Wildman–Crippen LogP) is 3.47. The first-order valence-electron chi connectivity index (χ1n) is 9.89. The first kappa shape index (κ1) is 19.9. The highest BCUT2D eigenvalue weighted by molar-refractivity contribution is 5.55. The Morgan fingerprint density at radius 3 is 2.57 bits per heavy atom. The maximum absolute atomic E-state index is 14.3. The first-order chi connectivity index (χ1) is 14.7. The van der Waals surface area contributed by atoms with Crippen molar-refractivity contribution in [2.24, 2.45) is 0 Å². The van der Waals surface area contributed by atoms with Crippen molar-refractivity contribution in [2.75, 3.05) is 37.7 Å². The Labute approximate surface area is 174 Å². The summed E-state index contributed by atoms with van der Waals surface area (Å²) in [5.74, 6) is 1.55. The summed E-state index contributed by atoms with van der Waals surface area (Å²) in [7, 11) is 0. The molecule has 30 heavy (non-hydrogen) atoms. The maximum Gasteiger partial charge on any atom is 0.241 e.